The van der Waals surface area contributed by atoms with E-state index in [2.05, 4.69) is 27.2 Å². The van der Waals surface area contributed by atoms with Crippen LogP contribution in [0.4, 0.5) is 0 Å². The van der Waals surface area contributed by atoms with Crippen molar-refractivity contribution in [2.24, 2.45) is 11.0 Å². The molecule has 0 unspecified atom stereocenters. The van der Waals surface area contributed by atoms with E-state index in [4.69, 9.17) is 10.3 Å². The second-order valence-electron chi connectivity index (χ2n) is 7.62. The Labute approximate surface area is 165 Å². The Balaban J connectivity index is 2.18. The van der Waals surface area contributed by atoms with Gasteiger partial charge in [-0.1, -0.05) is 24.5 Å². The number of unbranched alkanes of at least 4 members (excludes halogenated alkanes) is 1. The molecule has 0 spiro atoms. The fourth-order valence-corrected chi connectivity index (χ4v) is 4.04. The Hall–Kier alpha value is -2.09. The minimum absolute atomic E-state index is 0.109. The zero-order chi connectivity index (χ0) is 20.5. The zero-order valence-electron chi connectivity index (χ0n) is 16.7. The molecule has 1 amide bonds. The van der Waals surface area contributed by atoms with Crippen LogP contribution < -0.4 is 5.32 Å². The second kappa shape index (κ2) is 11.0. The first-order valence-electron chi connectivity index (χ1n) is 10.0. The molecular weight excluding hydrogens is 362 g/mol. The zero-order valence-corrected chi connectivity index (χ0v) is 16.7. The van der Waals surface area contributed by atoms with E-state index in [1.54, 1.807) is 6.08 Å². The van der Waals surface area contributed by atoms with Crippen molar-refractivity contribution in [3.63, 3.8) is 0 Å². The Morgan fingerprint density at radius 2 is 2.29 bits per heavy atom. The number of carbonyl (C=O) groups is 2. The standard InChI is InChI=1S/C19H31N5O4/c1-3-4-8-28-12-14-6-5-7-24(11-14)17-10-15(19(26)27)9-16(22-23-20)18(17)21-13(2)25/h10,14,16-18H,3-9,11-12H2,1-2H3,(H,21,25)(H,26,27)/t14-,16-,17+,18+/m0/s1. The molecule has 1 aliphatic heterocycles. The van der Waals surface area contributed by atoms with Gasteiger partial charge in [-0.3, -0.25) is 9.69 Å². The number of nitrogens with one attached hydrogen (secondary N) is 1. The van der Waals surface area contributed by atoms with Crippen molar-refractivity contribution in [1.82, 2.24) is 10.2 Å². The molecule has 1 saturated heterocycles. The molecule has 9 nitrogen and oxygen atoms in total. The van der Waals surface area contributed by atoms with E-state index < -0.39 is 18.1 Å². The Bertz CT molecular complexity index is 632. The number of carbonyl (C=O) groups excluding carboxylic acids is 1. The van der Waals surface area contributed by atoms with Crippen molar-refractivity contribution in [3.8, 4) is 0 Å². The average Bonchev–Trinajstić information content (AvgIpc) is 2.66. The molecule has 9 heteroatoms. The van der Waals surface area contributed by atoms with Crippen molar-refractivity contribution in [1.29, 1.82) is 0 Å². The van der Waals surface area contributed by atoms with Crippen molar-refractivity contribution in [3.05, 3.63) is 22.1 Å². The van der Waals surface area contributed by atoms with Crippen LogP contribution >= 0.6 is 0 Å². The molecule has 28 heavy (non-hydrogen) atoms. The molecule has 4 atom stereocenters. The predicted molar refractivity (Wildman–Crippen MR) is 105 cm³/mol. The van der Waals surface area contributed by atoms with Crippen molar-refractivity contribution < 1.29 is 19.4 Å². The van der Waals surface area contributed by atoms with Crippen LogP contribution in [-0.4, -0.2) is 66.3 Å². The number of aliphatic carboxylic acids is 1. The van der Waals surface area contributed by atoms with E-state index in [9.17, 15) is 14.7 Å². The van der Waals surface area contributed by atoms with E-state index in [0.717, 1.165) is 45.4 Å². The number of likely N-dealkylation sites (tertiary alicyclic amines) is 1. The third kappa shape index (κ3) is 6.22. The quantitative estimate of drug-likeness (QED) is 0.269. The third-order valence-electron chi connectivity index (χ3n) is 5.40. The van der Waals surface area contributed by atoms with Gasteiger partial charge in [-0.15, -0.1) is 0 Å². The van der Waals surface area contributed by atoms with Crippen LogP contribution in [0.3, 0.4) is 0 Å². The smallest absolute Gasteiger partial charge is 0.331 e. The highest BCUT2D eigenvalue weighted by molar-refractivity contribution is 5.87. The van der Waals surface area contributed by atoms with E-state index in [-0.39, 0.29) is 23.9 Å². The van der Waals surface area contributed by atoms with Crippen LogP contribution in [0.5, 0.6) is 0 Å². The highest BCUT2D eigenvalue weighted by atomic mass is 16.5. The molecule has 1 fully saturated rings. The number of carboxylic acids is 1. The SMILES string of the molecule is CCCCOC[C@H]1CCCN([C@@H]2C=C(C(=O)O)C[C@H](N=[N+]=[N-])[C@H]2NC(C)=O)C1. The van der Waals surface area contributed by atoms with Gasteiger partial charge in [0.2, 0.25) is 5.91 Å². The first-order chi connectivity index (χ1) is 13.5. The fraction of sp³-hybridized carbons (Fsp3) is 0.789. The number of piperidine rings is 1. The number of hydrogen-bond donors (Lipinski definition) is 2. The van der Waals surface area contributed by atoms with Gasteiger partial charge >= 0.3 is 5.97 Å². The van der Waals surface area contributed by atoms with Crippen molar-refractivity contribution >= 4 is 11.9 Å². The van der Waals surface area contributed by atoms with Gasteiger partial charge in [0.05, 0.1) is 18.7 Å². The van der Waals surface area contributed by atoms with Gasteiger partial charge in [0, 0.05) is 36.6 Å². The van der Waals surface area contributed by atoms with Crippen molar-refractivity contribution in [2.45, 2.75) is 64.1 Å². The molecule has 0 aromatic rings. The molecule has 2 rings (SSSR count). The van der Waals surface area contributed by atoms with Gasteiger partial charge in [0.15, 0.2) is 0 Å². The molecular formula is C19H31N5O4. The summed E-state index contributed by atoms with van der Waals surface area (Å²) in [4.78, 5) is 28.4. The number of hydrogen-bond acceptors (Lipinski definition) is 5. The summed E-state index contributed by atoms with van der Waals surface area (Å²) in [7, 11) is 0. The summed E-state index contributed by atoms with van der Waals surface area (Å²) in [5.41, 5.74) is 9.15. The van der Waals surface area contributed by atoms with E-state index >= 15 is 0 Å². The largest absolute Gasteiger partial charge is 0.478 e. The van der Waals surface area contributed by atoms with Gasteiger partial charge in [0.25, 0.3) is 0 Å². The molecule has 2 aliphatic rings. The topological polar surface area (TPSA) is 128 Å². The van der Waals surface area contributed by atoms with E-state index in [1.165, 1.54) is 6.92 Å². The Kier molecular flexibility index (Phi) is 8.76. The van der Waals surface area contributed by atoms with Gasteiger partial charge in [-0.2, -0.15) is 0 Å². The van der Waals surface area contributed by atoms with Crippen LogP contribution in [-0.2, 0) is 14.3 Å². The number of ether oxygens (including phenoxy) is 1. The maximum absolute atomic E-state index is 11.8. The molecule has 2 N–H and O–H groups in total. The molecule has 156 valence electrons. The summed E-state index contributed by atoms with van der Waals surface area (Å²) >= 11 is 0. The molecule has 0 aromatic carbocycles. The third-order valence-corrected chi connectivity index (χ3v) is 5.40. The minimum Gasteiger partial charge on any atom is -0.478 e. The molecule has 0 radical (unpaired) electrons. The summed E-state index contributed by atoms with van der Waals surface area (Å²) in [5.74, 6) is -0.872. The summed E-state index contributed by atoms with van der Waals surface area (Å²) < 4.78 is 5.79. The lowest BCUT2D eigenvalue weighted by atomic mass is 9.84. The maximum atomic E-state index is 11.8. The molecule has 0 aromatic heterocycles. The van der Waals surface area contributed by atoms with E-state index in [0.29, 0.717) is 12.5 Å². The number of rotatable bonds is 9. The molecule has 1 aliphatic carbocycles. The van der Waals surface area contributed by atoms with Crippen LogP contribution in [0.15, 0.2) is 16.8 Å². The predicted octanol–water partition coefficient (Wildman–Crippen LogP) is 2.48. The number of carboxylic acid groups (broad SMARTS) is 1. The maximum Gasteiger partial charge on any atom is 0.331 e. The monoisotopic (exact) mass is 393 g/mol. The van der Waals surface area contributed by atoms with Gasteiger partial charge < -0.3 is 15.2 Å². The molecule has 1 heterocycles. The summed E-state index contributed by atoms with van der Waals surface area (Å²) in [6.45, 7) is 6.55. The van der Waals surface area contributed by atoms with Crippen LogP contribution in [0, 0.1) is 5.92 Å². The molecule has 0 bridgehead atoms. The van der Waals surface area contributed by atoms with Gasteiger partial charge in [-0.25, -0.2) is 4.79 Å². The van der Waals surface area contributed by atoms with Crippen LogP contribution in [0.25, 0.3) is 10.4 Å². The van der Waals surface area contributed by atoms with Crippen LogP contribution in [0.2, 0.25) is 0 Å². The summed E-state index contributed by atoms with van der Waals surface area (Å²) in [5, 5.41) is 16.2. The normalized spacial score (nSPS) is 28.1. The Morgan fingerprint density at radius 3 is 2.93 bits per heavy atom. The summed E-state index contributed by atoms with van der Waals surface area (Å²) in [6.07, 6.45) is 6.01. The van der Waals surface area contributed by atoms with Gasteiger partial charge in [0.1, 0.15) is 0 Å². The second-order valence-corrected chi connectivity index (χ2v) is 7.62. The highest BCUT2D eigenvalue weighted by Crippen LogP contribution is 2.29. The number of azide groups is 1. The fourth-order valence-electron chi connectivity index (χ4n) is 4.04. The average molecular weight is 393 g/mol. The summed E-state index contributed by atoms with van der Waals surface area (Å²) in [6, 6.07) is -1.40. The Morgan fingerprint density at radius 1 is 1.50 bits per heavy atom. The van der Waals surface area contributed by atoms with Gasteiger partial charge in [-0.05, 0) is 43.7 Å². The van der Waals surface area contributed by atoms with Crippen LogP contribution in [0.1, 0.15) is 46.0 Å². The van der Waals surface area contributed by atoms with Crippen molar-refractivity contribution in [2.75, 3.05) is 26.3 Å². The lowest BCUT2D eigenvalue weighted by Crippen LogP contribution is -2.59. The first kappa shape index (κ1) is 22.2. The lowest BCUT2D eigenvalue weighted by molar-refractivity contribution is -0.133. The lowest BCUT2D eigenvalue weighted by Gasteiger charge is -2.44. The number of amides is 1. The number of nitrogens with zero attached hydrogens (tertiary/aromatic N) is 4. The van der Waals surface area contributed by atoms with E-state index in [1.807, 2.05) is 0 Å². The molecule has 0 saturated carbocycles. The minimum atomic E-state index is -1.01. The first-order valence-corrected chi connectivity index (χ1v) is 10.0. The highest BCUT2D eigenvalue weighted by Gasteiger charge is 2.39.